The summed E-state index contributed by atoms with van der Waals surface area (Å²) in [6.07, 6.45) is 4.21. The van der Waals surface area contributed by atoms with Crippen LogP contribution in [0.5, 0.6) is 0 Å². The van der Waals surface area contributed by atoms with Crippen LogP contribution in [0.15, 0.2) is 42.7 Å². The number of ether oxygens (including phenoxy) is 2. The molecule has 0 spiro atoms. The summed E-state index contributed by atoms with van der Waals surface area (Å²) in [5.41, 5.74) is 4.55. The highest BCUT2D eigenvalue weighted by atomic mass is 32.1. The average molecular weight is 622 g/mol. The first-order valence-corrected chi connectivity index (χ1v) is 16.2. The maximum absolute atomic E-state index is 13.3. The molecule has 2 amide bonds. The second-order valence-electron chi connectivity index (χ2n) is 11.7. The van der Waals surface area contributed by atoms with Gasteiger partial charge in [-0.2, -0.15) is 0 Å². The lowest BCUT2D eigenvalue weighted by atomic mass is 9.93. The van der Waals surface area contributed by atoms with Gasteiger partial charge in [-0.15, -0.1) is 22.7 Å². The Bertz CT molecular complexity index is 1590. The van der Waals surface area contributed by atoms with Crippen LogP contribution in [0.3, 0.4) is 0 Å². The van der Waals surface area contributed by atoms with Crippen molar-refractivity contribution in [3.63, 3.8) is 0 Å². The van der Waals surface area contributed by atoms with E-state index in [2.05, 4.69) is 33.8 Å². The van der Waals surface area contributed by atoms with E-state index in [-0.39, 0.29) is 24.1 Å². The molecular weight excluding hydrogens is 583 g/mol. The van der Waals surface area contributed by atoms with Crippen molar-refractivity contribution in [2.75, 3.05) is 32.1 Å². The third kappa shape index (κ3) is 7.06. The number of methoxy groups -OCH3 is 1. The Kier molecular flexibility index (Phi) is 9.45. The largest absolute Gasteiger partial charge is 0.444 e. The van der Waals surface area contributed by atoms with Gasteiger partial charge in [-0.25, -0.2) is 9.78 Å². The second kappa shape index (κ2) is 13.1. The van der Waals surface area contributed by atoms with Crippen molar-refractivity contribution in [3.8, 4) is 21.7 Å². The van der Waals surface area contributed by atoms with E-state index in [1.165, 1.54) is 11.3 Å². The number of nitrogens with one attached hydrogen (secondary N) is 2. The number of hydrogen-bond donors (Lipinski definition) is 2. The fraction of sp³-hybridized carbons (Fsp3) is 0.438. The predicted molar refractivity (Wildman–Crippen MR) is 174 cm³/mol. The van der Waals surface area contributed by atoms with Crippen LogP contribution in [0.25, 0.3) is 31.9 Å². The van der Waals surface area contributed by atoms with E-state index in [9.17, 15) is 9.59 Å². The summed E-state index contributed by atoms with van der Waals surface area (Å²) in [5.74, 6) is -0.0736. The Hall–Kier alpha value is -3.38. The zero-order valence-corrected chi connectivity index (χ0v) is 27.2. The summed E-state index contributed by atoms with van der Waals surface area (Å²) in [6, 6.07) is 9.97. The molecule has 43 heavy (non-hydrogen) atoms. The predicted octanol–water partition coefficient (Wildman–Crippen LogP) is 6.89. The Balaban J connectivity index is 1.51. The van der Waals surface area contributed by atoms with Gasteiger partial charge in [-0.3, -0.25) is 14.7 Å². The molecule has 4 aromatic rings. The molecule has 11 heteroatoms. The molecule has 0 radical (unpaired) electrons. The van der Waals surface area contributed by atoms with Crippen molar-refractivity contribution in [1.82, 2.24) is 20.2 Å². The third-order valence-corrected chi connectivity index (χ3v) is 9.67. The first-order chi connectivity index (χ1) is 20.6. The molecular formula is C32H39N5O4S2. The van der Waals surface area contributed by atoms with Gasteiger partial charge in [-0.1, -0.05) is 6.07 Å². The van der Waals surface area contributed by atoms with Gasteiger partial charge in [0.25, 0.3) is 0 Å². The minimum absolute atomic E-state index is 0.0736. The first-order valence-electron chi connectivity index (χ1n) is 14.5. The molecule has 0 saturated heterocycles. The SMILES string of the molecule is COCCNCCC(=O)Nc1sc2c(c1-c1nc3cc(-c4ccncc4)ccc3s1)CC(C)N(C(=O)OC(C)(C)C)C2C. The monoisotopic (exact) mass is 621 g/mol. The minimum atomic E-state index is -0.593. The van der Waals surface area contributed by atoms with Crippen LogP contribution in [0.4, 0.5) is 9.80 Å². The summed E-state index contributed by atoms with van der Waals surface area (Å²) in [7, 11) is 1.66. The number of pyridine rings is 1. The van der Waals surface area contributed by atoms with Crippen molar-refractivity contribution in [1.29, 1.82) is 0 Å². The molecule has 9 nitrogen and oxygen atoms in total. The lowest BCUT2D eigenvalue weighted by Gasteiger charge is -2.39. The maximum atomic E-state index is 13.3. The number of amides is 2. The molecule has 0 bridgehead atoms. The maximum Gasteiger partial charge on any atom is 0.411 e. The van der Waals surface area contributed by atoms with Crippen LogP contribution >= 0.6 is 22.7 Å². The van der Waals surface area contributed by atoms with Gasteiger partial charge in [0.05, 0.1) is 22.9 Å². The van der Waals surface area contributed by atoms with E-state index in [0.29, 0.717) is 32.5 Å². The van der Waals surface area contributed by atoms with Crippen molar-refractivity contribution < 1.29 is 19.1 Å². The smallest absolute Gasteiger partial charge is 0.411 e. The molecule has 0 saturated carbocycles. The zero-order valence-electron chi connectivity index (χ0n) is 25.5. The number of carbonyl (C=O) groups is 2. The summed E-state index contributed by atoms with van der Waals surface area (Å²) < 4.78 is 11.9. The summed E-state index contributed by atoms with van der Waals surface area (Å²) in [5, 5.41) is 8.05. The highest BCUT2D eigenvalue weighted by Crippen LogP contribution is 2.50. The molecule has 2 N–H and O–H groups in total. The normalized spacial score (nSPS) is 16.7. The fourth-order valence-corrected chi connectivity index (χ4v) is 7.73. The van der Waals surface area contributed by atoms with Crippen LogP contribution in [0.1, 0.15) is 57.5 Å². The average Bonchev–Trinajstić information content (AvgIpc) is 3.52. The van der Waals surface area contributed by atoms with Gasteiger partial charge in [0.15, 0.2) is 0 Å². The fourth-order valence-electron chi connectivity index (χ4n) is 5.34. The highest BCUT2D eigenvalue weighted by Gasteiger charge is 2.39. The van der Waals surface area contributed by atoms with Crippen molar-refractivity contribution in [2.45, 2.75) is 65.1 Å². The summed E-state index contributed by atoms with van der Waals surface area (Å²) >= 11 is 3.15. The minimum Gasteiger partial charge on any atom is -0.444 e. The number of fused-ring (bicyclic) bond motifs is 2. The number of rotatable bonds is 9. The number of nitrogens with zero attached hydrogens (tertiary/aromatic N) is 3. The Labute approximate surface area is 260 Å². The van der Waals surface area contributed by atoms with Gasteiger partial charge in [0.2, 0.25) is 5.91 Å². The lowest BCUT2D eigenvalue weighted by molar-refractivity contribution is -0.116. The molecule has 3 aromatic heterocycles. The van der Waals surface area contributed by atoms with Crippen molar-refractivity contribution in [2.24, 2.45) is 0 Å². The van der Waals surface area contributed by atoms with E-state index in [1.807, 2.05) is 51.7 Å². The van der Waals surface area contributed by atoms with E-state index < -0.39 is 5.60 Å². The van der Waals surface area contributed by atoms with Crippen LogP contribution in [-0.2, 0) is 20.7 Å². The molecule has 228 valence electrons. The van der Waals surface area contributed by atoms with Gasteiger partial charge >= 0.3 is 6.09 Å². The molecule has 2 atom stereocenters. The van der Waals surface area contributed by atoms with Gasteiger partial charge in [-0.05, 0) is 82.0 Å². The number of aromatic nitrogens is 2. The van der Waals surface area contributed by atoms with Crippen molar-refractivity contribution >= 4 is 49.9 Å². The highest BCUT2D eigenvalue weighted by molar-refractivity contribution is 7.23. The van der Waals surface area contributed by atoms with Crippen molar-refractivity contribution in [3.05, 3.63) is 53.2 Å². The topological polar surface area (TPSA) is 106 Å². The van der Waals surface area contributed by atoms with E-state index in [1.54, 1.807) is 30.8 Å². The zero-order chi connectivity index (χ0) is 30.7. The number of carbonyl (C=O) groups excluding carboxylic acids is 2. The first kappa shape index (κ1) is 31.1. The molecule has 1 aliphatic rings. The number of thiophene rings is 1. The number of thiazole rings is 1. The molecule has 0 aliphatic carbocycles. The number of hydrogen-bond acceptors (Lipinski definition) is 9. The van der Waals surface area contributed by atoms with Crippen LogP contribution in [-0.4, -0.2) is 65.3 Å². The molecule has 0 fully saturated rings. The van der Waals surface area contributed by atoms with Gasteiger partial charge in [0, 0.05) is 55.5 Å². The standard InChI is InChI=1S/C32H39N5O4S2/c1-19-17-23-27(29-35-24-18-22(7-8-25(24)42-29)21-9-12-33-13-10-21)30(36-26(38)11-14-34-15-16-40-6)43-28(23)20(2)37(19)31(39)41-32(3,4)5/h7-10,12-13,18-20,34H,11,14-17H2,1-6H3,(H,36,38). The Morgan fingerprint density at radius 3 is 2.56 bits per heavy atom. The van der Waals surface area contributed by atoms with E-state index >= 15 is 0 Å². The number of benzene rings is 1. The van der Waals surface area contributed by atoms with E-state index in [4.69, 9.17) is 14.5 Å². The molecule has 1 aliphatic heterocycles. The van der Waals surface area contributed by atoms with Gasteiger partial charge in [0.1, 0.15) is 15.6 Å². The molecule has 2 unspecified atom stereocenters. The lowest BCUT2D eigenvalue weighted by Crippen LogP contribution is -2.46. The van der Waals surface area contributed by atoms with E-state index in [0.717, 1.165) is 47.4 Å². The van der Waals surface area contributed by atoms with Crippen LogP contribution < -0.4 is 10.6 Å². The number of anilines is 1. The molecule has 1 aromatic carbocycles. The van der Waals surface area contributed by atoms with Gasteiger partial charge < -0.3 is 20.1 Å². The molecule has 5 rings (SSSR count). The molecule has 4 heterocycles. The third-order valence-electron chi connectivity index (χ3n) is 7.29. The second-order valence-corrected chi connectivity index (χ2v) is 13.8. The summed E-state index contributed by atoms with van der Waals surface area (Å²) in [6.45, 7) is 11.5. The van der Waals surface area contributed by atoms with Crippen LogP contribution in [0, 0.1) is 0 Å². The Morgan fingerprint density at radius 1 is 1.07 bits per heavy atom. The quantitative estimate of drug-likeness (QED) is 0.196. The Morgan fingerprint density at radius 2 is 1.84 bits per heavy atom. The summed E-state index contributed by atoms with van der Waals surface area (Å²) in [4.78, 5) is 38.5. The van der Waals surface area contributed by atoms with Crippen LogP contribution in [0.2, 0.25) is 0 Å².